The number of nitrogens with zero attached hydrogens (tertiary/aromatic N) is 1. The van der Waals surface area contributed by atoms with Crippen LogP contribution in [0.4, 0.5) is 5.69 Å². The van der Waals surface area contributed by atoms with Crippen LogP contribution in [0.15, 0.2) is 60.7 Å². The predicted molar refractivity (Wildman–Crippen MR) is 138 cm³/mol. The Hall–Kier alpha value is -4.04. The van der Waals surface area contributed by atoms with E-state index in [-0.39, 0.29) is 25.2 Å². The van der Waals surface area contributed by atoms with Gasteiger partial charge in [0.2, 0.25) is 12.7 Å². The Kier molecular flexibility index (Phi) is 6.76. The summed E-state index contributed by atoms with van der Waals surface area (Å²) >= 11 is 0. The van der Waals surface area contributed by atoms with Crippen LogP contribution in [-0.2, 0) is 9.59 Å². The van der Waals surface area contributed by atoms with Gasteiger partial charge < -0.3 is 24.6 Å². The zero-order chi connectivity index (χ0) is 26.1. The van der Waals surface area contributed by atoms with Gasteiger partial charge >= 0.3 is 5.97 Å². The number of aryl methyl sites for hydroxylation is 2. The standard InChI is InChI=1S/C29H30N2O6/c1-17-10-18(2)12-21(11-17)30-26(32)15-31-14-23(20-6-9-24-25(13-20)37-16-36-24)27(29(33)34)28(31)19-4-7-22(35-3)8-5-19/h4-13,23,27-28H,14-16H2,1-3H3,(H,30,32)(H,33,34)/t23-,27-,28+/m1/s1. The highest BCUT2D eigenvalue weighted by Crippen LogP contribution is 2.47. The molecule has 0 spiro atoms. The SMILES string of the molecule is COc1ccc([C@H]2[C@H](C(=O)O)[C@@H](c3ccc4c(c3)OCO4)CN2CC(=O)Nc2cc(C)cc(C)c2)cc1. The molecule has 3 aromatic carbocycles. The molecule has 8 nitrogen and oxygen atoms in total. The van der Waals surface area contributed by atoms with Gasteiger partial charge in [0.1, 0.15) is 5.75 Å². The number of carboxylic acid groups (broad SMARTS) is 1. The lowest BCUT2D eigenvalue weighted by Crippen LogP contribution is -2.35. The maximum atomic E-state index is 13.2. The molecular formula is C29H30N2O6. The zero-order valence-corrected chi connectivity index (χ0v) is 21.1. The lowest BCUT2D eigenvalue weighted by atomic mass is 9.82. The van der Waals surface area contributed by atoms with Crippen molar-refractivity contribution in [2.75, 3.05) is 32.3 Å². The van der Waals surface area contributed by atoms with Crippen molar-refractivity contribution >= 4 is 17.6 Å². The van der Waals surface area contributed by atoms with Crippen molar-refractivity contribution in [3.8, 4) is 17.2 Å². The Morgan fingerprint density at radius 2 is 1.65 bits per heavy atom. The monoisotopic (exact) mass is 502 g/mol. The molecule has 192 valence electrons. The first-order chi connectivity index (χ1) is 17.8. The second-order valence-corrected chi connectivity index (χ2v) is 9.66. The van der Waals surface area contributed by atoms with Crippen molar-refractivity contribution in [1.82, 2.24) is 4.90 Å². The summed E-state index contributed by atoms with van der Waals surface area (Å²) in [6, 6.07) is 18.3. The number of amides is 1. The Labute approximate surface area is 215 Å². The Bertz CT molecular complexity index is 1300. The number of ether oxygens (including phenoxy) is 3. The highest BCUT2D eigenvalue weighted by atomic mass is 16.7. The summed E-state index contributed by atoms with van der Waals surface area (Å²) in [4.78, 5) is 27.9. The van der Waals surface area contributed by atoms with Crippen LogP contribution in [0, 0.1) is 19.8 Å². The van der Waals surface area contributed by atoms with Crippen molar-refractivity contribution < 1.29 is 28.9 Å². The number of carbonyl (C=O) groups excluding carboxylic acids is 1. The minimum absolute atomic E-state index is 0.0501. The molecule has 3 atom stereocenters. The van der Waals surface area contributed by atoms with E-state index in [2.05, 4.69) is 5.32 Å². The summed E-state index contributed by atoms with van der Waals surface area (Å²) in [6.45, 7) is 4.56. The molecule has 3 aromatic rings. The lowest BCUT2D eigenvalue weighted by Gasteiger charge is -2.27. The van der Waals surface area contributed by atoms with Gasteiger partial charge in [-0.25, -0.2) is 0 Å². The predicted octanol–water partition coefficient (Wildman–Crippen LogP) is 4.52. The van der Waals surface area contributed by atoms with Crippen LogP contribution in [0.25, 0.3) is 0 Å². The van der Waals surface area contributed by atoms with E-state index in [4.69, 9.17) is 14.2 Å². The van der Waals surface area contributed by atoms with E-state index in [0.29, 0.717) is 23.8 Å². The smallest absolute Gasteiger partial charge is 0.309 e. The third kappa shape index (κ3) is 5.11. The van der Waals surface area contributed by atoms with Crippen molar-refractivity contribution in [1.29, 1.82) is 0 Å². The summed E-state index contributed by atoms with van der Waals surface area (Å²) in [5.74, 6) is -0.311. The number of anilines is 1. The lowest BCUT2D eigenvalue weighted by molar-refractivity contribution is -0.143. The van der Waals surface area contributed by atoms with Crippen molar-refractivity contribution in [3.05, 3.63) is 82.9 Å². The molecule has 0 aliphatic carbocycles. The van der Waals surface area contributed by atoms with Gasteiger partial charge in [-0.05, 0) is 72.5 Å². The summed E-state index contributed by atoms with van der Waals surface area (Å²) < 4.78 is 16.3. The average molecular weight is 503 g/mol. The van der Waals surface area contributed by atoms with Crippen LogP contribution in [0.5, 0.6) is 17.2 Å². The first-order valence-corrected chi connectivity index (χ1v) is 12.2. The molecule has 1 fully saturated rings. The van der Waals surface area contributed by atoms with E-state index < -0.39 is 17.9 Å². The topological polar surface area (TPSA) is 97.3 Å². The summed E-state index contributed by atoms with van der Waals surface area (Å²) in [7, 11) is 1.59. The van der Waals surface area contributed by atoms with Gasteiger partial charge in [0, 0.05) is 24.2 Å². The highest BCUT2D eigenvalue weighted by molar-refractivity contribution is 5.92. The van der Waals surface area contributed by atoms with Crippen LogP contribution in [-0.4, -0.2) is 48.9 Å². The number of nitrogens with one attached hydrogen (secondary N) is 1. The number of methoxy groups -OCH3 is 1. The van der Waals surface area contributed by atoms with E-state index in [0.717, 1.165) is 27.9 Å². The van der Waals surface area contributed by atoms with Crippen molar-refractivity contribution in [2.24, 2.45) is 5.92 Å². The number of likely N-dealkylation sites (tertiary alicyclic amines) is 1. The van der Waals surface area contributed by atoms with Gasteiger partial charge in [-0.2, -0.15) is 0 Å². The molecular weight excluding hydrogens is 472 g/mol. The fourth-order valence-corrected chi connectivity index (χ4v) is 5.50. The Morgan fingerprint density at radius 1 is 0.973 bits per heavy atom. The molecule has 0 aromatic heterocycles. The molecule has 8 heteroatoms. The Balaban J connectivity index is 1.47. The molecule has 2 heterocycles. The number of hydrogen-bond donors (Lipinski definition) is 2. The van der Waals surface area contributed by atoms with Crippen molar-refractivity contribution in [3.63, 3.8) is 0 Å². The summed E-state index contributed by atoms with van der Waals surface area (Å²) in [5, 5.41) is 13.4. The molecule has 0 bridgehead atoms. The number of rotatable bonds is 7. The zero-order valence-electron chi connectivity index (χ0n) is 21.1. The number of benzene rings is 3. The van der Waals surface area contributed by atoms with Gasteiger partial charge in [0.25, 0.3) is 0 Å². The molecule has 5 rings (SSSR count). The molecule has 0 unspecified atom stereocenters. The molecule has 0 saturated carbocycles. The maximum Gasteiger partial charge on any atom is 0.309 e. The van der Waals surface area contributed by atoms with Crippen LogP contribution in [0.1, 0.15) is 34.2 Å². The fourth-order valence-electron chi connectivity index (χ4n) is 5.50. The number of carboxylic acids is 1. The third-order valence-electron chi connectivity index (χ3n) is 7.02. The van der Waals surface area contributed by atoms with Crippen molar-refractivity contribution in [2.45, 2.75) is 25.8 Å². The fraction of sp³-hybridized carbons (Fsp3) is 0.310. The first-order valence-electron chi connectivity index (χ1n) is 12.2. The number of carbonyl (C=O) groups is 2. The molecule has 2 N–H and O–H groups in total. The normalized spacial score (nSPS) is 20.6. The summed E-state index contributed by atoms with van der Waals surface area (Å²) in [5.41, 5.74) is 4.50. The number of aliphatic carboxylic acids is 1. The van der Waals surface area contributed by atoms with E-state index in [9.17, 15) is 14.7 Å². The number of fused-ring (bicyclic) bond motifs is 1. The number of hydrogen-bond acceptors (Lipinski definition) is 6. The third-order valence-corrected chi connectivity index (χ3v) is 7.02. The van der Waals surface area contributed by atoms with Crippen LogP contribution in [0.3, 0.4) is 0 Å². The largest absolute Gasteiger partial charge is 0.497 e. The second-order valence-electron chi connectivity index (χ2n) is 9.66. The molecule has 2 aliphatic rings. The van der Waals surface area contributed by atoms with Gasteiger partial charge in [0.15, 0.2) is 11.5 Å². The minimum atomic E-state index is -0.916. The Morgan fingerprint density at radius 3 is 2.32 bits per heavy atom. The van der Waals surface area contributed by atoms with Gasteiger partial charge in [0.05, 0.1) is 19.6 Å². The average Bonchev–Trinajstić information content (AvgIpc) is 3.47. The minimum Gasteiger partial charge on any atom is -0.497 e. The molecule has 37 heavy (non-hydrogen) atoms. The maximum absolute atomic E-state index is 13.2. The van der Waals surface area contributed by atoms with Crippen LogP contribution >= 0.6 is 0 Å². The van der Waals surface area contributed by atoms with E-state index in [1.807, 2.05) is 79.4 Å². The molecule has 1 amide bonds. The van der Waals surface area contributed by atoms with E-state index in [1.54, 1.807) is 7.11 Å². The van der Waals surface area contributed by atoms with E-state index in [1.165, 1.54) is 0 Å². The first kappa shape index (κ1) is 24.6. The highest BCUT2D eigenvalue weighted by Gasteiger charge is 2.48. The van der Waals surface area contributed by atoms with Crippen LogP contribution < -0.4 is 19.5 Å². The van der Waals surface area contributed by atoms with E-state index >= 15 is 0 Å². The molecule has 2 aliphatic heterocycles. The summed E-state index contributed by atoms with van der Waals surface area (Å²) in [6.07, 6.45) is 0. The van der Waals surface area contributed by atoms with Gasteiger partial charge in [-0.15, -0.1) is 0 Å². The van der Waals surface area contributed by atoms with Crippen LogP contribution in [0.2, 0.25) is 0 Å². The molecule has 0 radical (unpaired) electrons. The van der Waals surface area contributed by atoms with Gasteiger partial charge in [-0.1, -0.05) is 24.3 Å². The quantitative estimate of drug-likeness (QED) is 0.490. The van der Waals surface area contributed by atoms with Gasteiger partial charge in [-0.3, -0.25) is 14.5 Å². The second kappa shape index (κ2) is 10.1. The molecule has 1 saturated heterocycles.